The van der Waals surface area contributed by atoms with Crippen LogP contribution in [-0.2, 0) is 23.8 Å². The van der Waals surface area contributed by atoms with Gasteiger partial charge in [-0.1, -0.05) is 30.3 Å². The first-order valence-electron chi connectivity index (χ1n) is 6.44. The molecule has 1 aromatic carbocycles. The number of hydrogen-bond donors (Lipinski definition) is 0. The molecule has 2 rings (SSSR count). The Balaban J connectivity index is 0.000000593. The third-order valence-corrected chi connectivity index (χ3v) is 3.91. The van der Waals surface area contributed by atoms with E-state index in [2.05, 4.69) is 8.92 Å². The molecular weight excluding hydrogens is 337 g/mol. The molecule has 0 spiro atoms. The summed E-state index contributed by atoms with van der Waals surface area (Å²) in [5.41, 5.74) is -4.47. The van der Waals surface area contributed by atoms with Crippen LogP contribution in [0, 0.1) is 0 Å². The number of halogens is 3. The van der Waals surface area contributed by atoms with Crippen LogP contribution in [0.2, 0.25) is 0 Å². The SMILES string of the molecule is COC=O.O=S(=O)(OC1=CC(c2ccccc2)CC1)C(F)(F)F. The highest BCUT2D eigenvalue weighted by Crippen LogP contribution is 2.36. The number of hydrogen-bond acceptors (Lipinski definition) is 5. The maximum Gasteiger partial charge on any atom is 0.534 e. The lowest BCUT2D eigenvalue weighted by atomic mass is 9.99. The van der Waals surface area contributed by atoms with Crippen LogP contribution < -0.4 is 0 Å². The van der Waals surface area contributed by atoms with Crippen molar-refractivity contribution in [3.8, 4) is 0 Å². The predicted molar refractivity (Wildman–Crippen MR) is 75.6 cm³/mol. The number of methoxy groups -OCH3 is 1. The fraction of sp³-hybridized carbons (Fsp3) is 0.357. The first-order chi connectivity index (χ1) is 10.7. The summed E-state index contributed by atoms with van der Waals surface area (Å²) in [4.78, 5) is 8.95. The first-order valence-corrected chi connectivity index (χ1v) is 7.85. The van der Waals surface area contributed by atoms with Gasteiger partial charge >= 0.3 is 15.6 Å². The van der Waals surface area contributed by atoms with Gasteiger partial charge in [-0.25, -0.2) is 0 Å². The van der Waals surface area contributed by atoms with Crippen molar-refractivity contribution in [2.24, 2.45) is 0 Å². The van der Waals surface area contributed by atoms with Crippen molar-refractivity contribution in [1.29, 1.82) is 0 Å². The summed E-state index contributed by atoms with van der Waals surface area (Å²) in [5.74, 6) is -0.259. The highest BCUT2D eigenvalue weighted by atomic mass is 32.2. The number of ether oxygens (including phenoxy) is 1. The third-order valence-electron chi connectivity index (χ3n) is 2.91. The maximum absolute atomic E-state index is 12.2. The molecule has 0 aliphatic heterocycles. The van der Waals surface area contributed by atoms with Crippen molar-refractivity contribution < 1.29 is 35.3 Å². The van der Waals surface area contributed by atoms with Crippen LogP contribution in [0.4, 0.5) is 13.2 Å². The molecule has 0 saturated heterocycles. The first kappa shape index (κ1) is 19.0. The van der Waals surface area contributed by atoms with Gasteiger partial charge in [-0.15, -0.1) is 0 Å². The van der Waals surface area contributed by atoms with Crippen LogP contribution in [0.5, 0.6) is 0 Å². The van der Waals surface area contributed by atoms with E-state index in [1.54, 1.807) is 0 Å². The van der Waals surface area contributed by atoms with Gasteiger partial charge in [-0.2, -0.15) is 21.6 Å². The molecule has 9 heteroatoms. The van der Waals surface area contributed by atoms with Gasteiger partial charge in [0.2, 0.25) is 0 Å². The van der Waals surface area contributed by atoms with Crippen molar-refractivity contribution >= 4 is 16.6 Å². The number of alkyl halides is 3. The van der Waals surface area contributed by atoms with Gasteiger partial charge in [0, 0.05) is 12.3 Å². The van der Waals surface area contributed by atoms with Gasteiger partial charge in [0.05, 0.1) is 7.11 Å². The third kappa shape index (κ3) is 5.59. The Morgan fingerprint density at radius 1 is 1.22 bits per heavy atom. The van der Waals surface area contributed by atoms with Crippen molar-refractivity contribution in [1.82, 2.24) is 0 Å². The minimum absolute atomic E-state index is 0.111. The molecule has 1 unspecified atom stereocenters. The van der Waals surface area contributed by atoms with Crippen molar-refractivity contribution in [3.63, 3.8) is 0 Å². The smallest absolute Gasteiger partial charge is 0.471 e. The Labute approximate surface area is 131 Å². The molecule has 23 heavy (non-hydrogen) atoms. The Morgan fingerprint density at radius 3 is 2.26 bits per heavy atom. The lowest BCUT2D eigenvalue weighted by Gasteiger charge is -2.09. The highest BCUT2D eigenvalue weighted by Gasteiger charge is 2.49. The molecule has 0 saturated carbocycles. The number of carbonyl (C=O) groups is 1. The Bertz CT molecular complexity index is 638. The quantitative estimate of drug-likeness (QED) is 0.473. The lowest BCUT2D eigenvalue weighted by molar-refractivity contribution is -0.126. The molecule has 0 N–H and O–H groups in total. The zero-order valence-corrected chi connectivity index (χ0v) is 12.9. The van der Waals surface area contributed by atoms with Gasteiger partial charge in [0.1, 0.15) is 5.76 Å². The fourth-order valence-electron chi connectivity index (χ4n) is 1.91. The molecule has 0 aromatic heterocycles. The predicted octanol–water partition coefficient (Wildman–Crippen LogP) is 3.10. The summed E-state index contributed by atoms with van der Waals surface area (Å²) in [7, 11) is -4.24. The summed E-state index contributed by atoms with van der Waals surface area (Å²) in [6, 6.07) is 9.13. The average molecular weight is 352 g/mol. The van der Waals surface area contributed by atoms with Crippen molar-refractivity contribution in [2.75, 3.05) is 7.11 Å². The number of carbonyl (C=O) groups excluding carboxylic acids is 1. The lowest BCUT2D eigenvalue weighted by Crippen LogP contribution is -2.25. The van der Waals surface area contributed by atoms with E-state index in [9.17, 15) is 21.6 Å². The monoisotopic (exact) mass is 352 g/mol. The van der Waals surface area contributed by atoms with Gasteiger partial charge in [0.25, 0.3) is 6.47 Å². The molecule has 0 amide bonds. The average Bonchev–Trinajstić information content (AvgIpc) is 2.95. The summed E-state index contributed by atoms with van der Waals surface area (Å²) in [5, 5.41) is 0. The zero-order valence-electron chi connectivity index (χ0n) is 12.1. The molecule has 128 valence electrons. The molecule has 1 aromatic rings. The summed E-state index contributed by atoms with van der Waals surface area (Å²) < 4.78 is 66.2. The Morgan fingerprint density at radius 2 is 1.78 bits per heavy atom. The van der Waals surface area contributed by atoms with Crippen molar-refractivity contribution in [3.05, 3.63) is 47.7 Å². The molecule has 0 fully saturated rings. The zero-order chi connectivity index (χ0) is 17.5. The molecule has 1 atom stereocenters. The van der Waals surface area contributed by atoms with E-state index in [4.69, 9.17) is 4.79 Å². The van der Waals surface area contributed by atoms with Crippen LogP contribution in [0.15, 0.2) is 42.2 Å². The van der Waals surface area contributed by atoms with Crippen LogP contribution in [0.3, 0.4) is 0 Å². The van der Waals surface area contributed by atoms with E-state index >= 15 is 0 Å². The van der Waals surface area contributed by atoms with Gasteiger partial charge in [-0.3, -0.25) is 4.79 Å². The van der Waals surface area contributed by atoms with Gasteiger partial charge in [-0.05, 0) is 18.1 Å². The fourth-order valence-corrected chi connectivity index (χ4v) is 2.42. The minimum atomic E-state index is -5.56. The van der Waals surface area contributed by atoms with Crippen molar-refractivity contribution in [2.45, 2.75) is 24.3 Å². The van der Waals surface area contributed by atoms with E-state index in [-0.39, 0.29) is 18.1 Å². The van der Waals surface area contributed by atoms with E-state index < -0.39 is 15.6 Å². The second-order valence-corrected chi connectivity index (χ2v) is 6.04. The van der Waals surface area contributed by atoms with E-state index in [1.165, 1.54) is 13.2 Å². The normalized spacial score (nSPS) is 17.6. The topological polar surface area (TPSA) is 69.7 Å². The van der Waals surface area contributed by atoms with E-state index in [0.29, 0.717) is 12.9 Å². The van der Waals surface area contributed by atoms with E-state index in [1.807, 2.05) is 30.3 Å². The molecule has 1 aliphatic rings. The molecule has 1 aliphatic carbocycles. The standard InChI is InChI=1S/C12H11F3O3S.C2H4O2/c13-12(14,15)19(16,17)18-11-7-6-10(8-11)9-4-2-1-3-5-9;1-4-2-3/h1-5,8,10H,6-7H2;2H,1H3. The second-order valence-electron chi connectivity index (χ2n) is 4.50. The molecule has 0 bridgehead atoms. The molecule has 0 radical (unpaired) electrons. The minimum Gasteiger partial charge on any atom is -0.471 e. The summed E-state index contributed by atoms with van der Waals surface area (Å²) in [6.07, 6.45) is 2.14. The number of allylic oxidation sites excluding steroid dienone is 2. The van der Waals surface area contributed by atoms with Crippen LogP contribution >= 0.6 is 0 Å². The van der Waals surface area contributed by atoms with Crippen LogP contribution in [0.25, 0.3) is 0 Å². The van der Waals surface area contributed by atoms with Crippen LogP contribution in [-0.4, -0.2) is 27.5 Å². The second kappa shape index (κ2) is 8.00. The highest BCUT2D eigenvalue weighted by molar-refractivity contribution is 7.87. The molecular formula is C14H15F3O5S. The number of rotatable bonds is 4. The Kier molecular flexibility index (Phi) is 6.62. The molecule has 0 heterocycles. The molecule has 5 nitrogen and oxygen atoms in total. The summed E-state index contributed by atoms with van der Waals surface area (Å²) >= 11 is 0. The Hall–Kier alpha value is -2.03. The van der Waals surface area contributed by atoms with Gasteiger partial charge < -0.3 is 8.92 Å². The van der Waals surface area contributed by atoms with E-state index in [0.717, 1.165) is 5.56 Å². The van der Waals surface area contributed by atoms with Crippen LogP contribution in [0.1, 0.15) is 24.3 Å². The van der Waals surface area contributed by atoms with Gasteiger partial charge in [0.15, 0.2) is 0 Å². The largest absolute Gasteiger partial charge is 0.534 e. The maximum atomic E-state index is 12.2. The number of benzene rings is 1. The summed E-state index contributed by atoms with van der Waals surface area (Å²) in [6.45, 7) is 0.375.